The number of carbonyl (C=O) groups is 1. The molecule has 5 rings (SSSR count). The van der Waals surface area contributed by atoms with Crippen LogP contribution < -0.4 is 10.8 Å². The zero-order valence-electron chi connectivity index (χ0n) is 19.4. The first-order valence-corrected chi connectivity index (χ1v) is 12.3. The number of aromatic amines is 1. The van der Waals surface area contributed by atoms with Crippen molar-refractivity contribution in [1.82, 2.24) is 15.4 Å². The summed E-state index contributed by atoms with van der Waals surface area (Å²) in [5, 5.41) is 3.65. The van der Waals surface area contributed by atoms with Crippen LogP contribution >= 0.6 is 0 Å². The van der Waals surface area contributed by atoms with Crippen molar-refractivity contribution in [2.45, 2.75) is 63.7 Å². The van der Waals surface area contributed by atoms with Gasteiger partial charge in [0.15, 0.2) is 6.29 Å². The van der Waals surface area contributed by atoms with Gasteiger partial charge in [-0.2, -0.15) is 0 Å². The van der Waals surface area contributed by atoms with Gasteiger partial charge in [-0.15, -0.1) is 0 Å². The third-order valence-corrected chi connectivity index (χ3v) is 6.46. The molecule has 2 fully saturated rings. The van der Waals surface area contributed by atoms with Crippen molar-refractivity contribution in [3.05, 3.63) is 65.5 Å². The van der Waals surface area contributed by atoms with Gasteiger partial charge in [0.1, 0.15) is 5.82 Å². The van der Waals surface area contributed by atoms with Gasteiger partial charge in [-0.1, -0.05) is 37.1 Å². The van der Waals surface area contributed by atoms with Crippen LogP contribution in [0.3, 0.4) is 0 Å². The summed E-state index contributed by atoms with van der Waals surface area (Å²) in [5.74, 6) is 0.639. The van der Waals surface area contributed by atoms with Crippen molar-refractivity contribution in [2.24, 2.45) is 0 Å². The van der Waals surface area contributed by atoms with E-state index in [1.807, 2.05) is 12.1 Å². The van der Waals surface area contributed by atoms with Crippen LogP contribution in [0.5, 0.6) is 0 Å². The second-order valence-electron chi connectivity index (χ2n) is 9.17. The number of hydroxylamine groups is 1. The molecule has 1 aliphatic heterocycles. The molecule has 3 aromatic rings. The Hall–Kier alpha value is -3.16. The van der Waals surface area contributed by atoms with Crippen molar-refractivity contribution < 1.29 is 14.4 Å². The van der Waals surface area contributed by atoms with Crippen LogP contribution in [0, 0.1) is 0 Å². The van der Waals surface area contributed by atoms with Crippen molar-refractivity contribution in [3.63, 3.8) is 0 Å². The quantitative estimate of drug-likeness (QED) is 0.322. The first-order chi connectivity index (χ1) is 16.7. The molecular formula is C27H32N4O3. The summed E-state index contributed by atoms with van der Waals surface area (Å²) in [6.07, 6.45) is 11.7. The van der Waals surface area contributed by atoms with Gasteiger partial charge in [-0.3, -0.25) is 4.79 Å². The Morgan fingerprint density at radius 3 is 2.71 bits per heavy atom. The minimum atomic E-state index is -0.348. The Morgan fingerprint density at radius 1 is 1.09 bits per heavy atom. The second-order valence-corrected chi connectivity index (χ2v) is 9.17. The molecule has 1 unspecified atom stereocenters. The molecule has 7 heteroatoms. The average Bonchev–Trinajstić information content (AvgIpc) is 3.52. The number of nitrogens with one attached hydrogen (secondary N) is 3. The summed E-state index contributed by atoms with van der Waals surface area (Å²) in [5.41, 5.74) is 7.74. The van der Waals surface area contributed by atoms with Crippen LogP contribution in [-0.4, -0.2) is 34.8 Å². The zero-order valence-corrected chi connectivity index (χ0v) is 19.4. The molecular weight excluding hydrogens is 428 g/mol. The van der Waals surface area contributed by atoms with Crippen LogP contribution in [0.1, 0.15) is 61.9 Å². The van der Waals surface area contributed by atoms with E-state index < -0.39 is 0 Å². The number of hydrogen-bond acceptors (Lipinski definition) is 5. The fourth-order valence-corrected chi connectivity index (χ4v) is 4.62. The molecule has 3 N–H and O–H groups in total. The predicted molar refractivity (Wildman–Crippen MR) is 133 cm³/mol. The van der Waals surface area contributed by atoms with E-state index in [4.69, 9.17) is 14.6 Å². The smallest absolute Gasteiger partial charge is 0.267 e. The van der Waals surface area contributed by atoms with E-state index in [2.05, 4.69) is 46.1 Å². The first kappa shape index (κ1) is 22.6. The number of hydrogen-bond donors (Lipinski definition) is 3. The van der Waals surface area contributed by atoms with Gasteiger partial charge < -0.3 is 15.0 Å². The second kappa shape index (κ2) is 10.8. The maximum atomic E-state index is 12.0. The lowest BCUT2D eigenvalue weighted by molar-refractivity contribution is -0.198. The van der Waals surface area contributed by atoms with Crippen molar-refractivity contribution >= 4 is 28.7 Å². The number of nitrogens with zero attached hydrogens (tertiary/aromatic N) is 1. The van der Waals surface area contributed by atoms with Gasteiger partial charge in [-0.05, 0) is 61.1 Å². The van der Waals surface area contributed by atoms with Crippen LogP contribution in [0.4, 0.5) is 5.69 Å². The summed E-state index contributed by atoms with van der Waals surface area (Å²) < 4.78 is 5.43. The molecule has 1 saturated heterocycles. The Kier molecular flexibility index (Phi) is 7.22. The maximum Gasteiger partial charge on any atom is 0.267 e. The van der Waals surface area contributed by atoms with E-state index >= 15 is 0 Å². The van der Waals surface area contributed by atoms with Crippen LogP contribution in [0.2, 0.25) is 0 Å². The highest BCUT2D eigenvalue weighted by molar-refractivity contribution is 5.90. The molecule has 2 aromatic carbocycles. The van der Waals surface area contributed by atoms with Gasteiger partial charge in [0.05, 0.1) is 11.0 Å². The third kappa shape index (κ3) is 6.04. The van der Waals surface area contributed by atoms with Gasteiger partial charge in [0.25, 0.3) is 5.91 Å². The molecule has 34 heavy (non-hydrogen) atoms. The number of carbonyl (C=O) groups excluding carboxylic acids is 1. The predicted octanol–water partition coefficient (Wildman–Crippen LogP) is 5.10. The Bertz CT molecular complexity index is 1130. The largest absolute Gasteiger partial charge is 0.382 e. The van der Waals surface area contributed by atoms with Crippen molar-refractivity contribution in [1.29, 1.82) is 0 Å². The summed E-state index contributed by atoms with van der Waals surface area (Å²) in [4.78, 5) is 25.5. The van der Waals surface area contributed by atoms with Gasteiger partial charge in [0, 0.05) is 37.3 Å². The molecule has 1 saturated carbocycles. The van der Waals surface area contributed by atoms with Crippen molar-refractivity contribution in [2.75, 3.05) is 11.9 Å². The summed E-state index contributed by atoms with van der Waals surface area (Å²) in [7, 11) is 0. The lowest BCUT2D eigenvalue weighted by Gasteiger charge is -2.21. The first-order valence-electron chi connectivity index (χ1n) is 12.3. The Balaban J connectivity index is 1.14. The number of anilines is 1. The number of fused-ring (bicyclic) bond motifs is 1. The fraction of sp³-hybridized carbons (Fsp3) is 0.407. The van der Waals surface area contributed by atoms with Crippen LogP contribution in [-0.2, 0) is 20.8 Å². The molecule has 1 aliphatic carbocycles. The van der Waals surface area contributed by atoms with E-state index in [1.54, 1.807) is 6.08 Å². The molecule has 178 valence electrons. The standard InChI is InChI=1S/C27H32N4O3/c32-26(31-34-27-7-3-4-16-33-27)15-12-19-8-10-20(11-9-19)17-25-29-23-14-13-22(18-24(23)30-25)28-21-5-1-2-6-21/h8-15,18,21,27-28H,1-7,16-17H2,(H,29,30)(H,31,32). The maximum absolute atomic E-state index is 12.0. The minimum absolute atomic E-state index is 0.303. The molecule has 7 nitrogen and oxygen atoms in total. The lowest BCUT2D eigenvalue weighted by atomic mass is 10.1. The minimum Gasteiger partial charge on any atom is -0.382 e. The monoisotopic (exact) mass is 460 g/mol. The molecule has 2 aliphatic rings. The third-order valence-electron chi connectivity index (χ3n) is 6.46. The molecule has 1 amide bonds. The highest BCUT2D eigenvalue weighted by Crippen LogP contribution is 2.24. The topological polar surface area (TPSA) is 88.3 Å². The SMILES string of the molecule is O=C(C=Cc1ccc(Cc2nc3ccc(NC4CCCC4)cc3[nH]2)cc1)NOC1CCCCO1. The Morgan fingerprint density at radius 2 is 1.91 bits per heavy atom. The van der Waals surface area contributed by atoms with Gasteiger partial charge in [0.2, 0.25) is 0 Å². The molecule has 0 spiro atoms. The van der Waals surface area contributed by atoms with E-state index in [0.717, 1.165) is 59.4 Å². The van der Waals surface area contributed by atoms with E-state index in [-0.39, 0.29) is 12.2 Å². The summed E-state index contributed by atoms with van der Waals surface area (Å²) in [6.45, 7) is 0.676. The van der Waals surface area contributed by atoms with Crippen LogP contribution in [0.25, 0.3) is 17.1 Å². The number of aromatic nitrogens is 2. The Labute approximate surface area is 199 Å². The highest BCUT2D eigenvalue weighted by Gasteiger charge is 2.16. The highest BCUT2D eigenvalue weighted by atomic mass is 16.8. The average molecular weight is 461 g/mol. The van der Waals surface area contributed by atoms with Crippen LogP contribution in [0.15, 0.2) is 48.5 Å². The van der Waals surface area contributed by atoms with E-state index in [1.165, 1.54) is 31.8 Å². The number of imidazole rings is 1. The molecule has 1 atom stereocenters. The number of ether oxygens (including phenoxy) is 1. The van der Waals surface area contributed by atoms with E-state index in [0.29, 0.717) is 12.6 Å². The van der Waals surface area contributed by atoms with E-state index in [9.17, 15) is 4.79 Å². The summed E-state index contributed by atoms with van der Waals surface area (Å²) >= 11 is 0. The zero-order chi connectivity index (χ0) is 23.2. The van der Waals surface area contributed by atoms with Gasteiger partial charge in [-0.25, -0.2) is 15.3 Å². The normalized spacial score (nSPS) is 19.1. The molecule has 0 bridgehead atoms. The molecule has 2 heterocycles. The lowest BCUT2D eigenvalue weighted by Crippen LogP contribution is -2.32. The molecule has 1 aromatic heterocycles. The van der Waals surface area contributed by atoms with Gasteiger partial charge >= 0.3 is 0 Å². The number of H-pyrrole nitrogens is 1. The fourth-order valence-electron chi connectivity index (χ4n) is 4.62. The molecule has 0 radical (unpaired) electrons. The number of amides is 1. The number of rotatable bonds is 8. The number of benzene rings is 2. The van der Waals surface area contributed by atoms with Crippen molar-refractivity contribution in [3.8, 4) is 0 Å². The summed E-state index contributed by atoms with van der Waals surface area (Å²) in [6, 6.07) is 15.1.